The molecule has 0 radical (unpaired) electrons. The molecule has 0 unspecified atom stereocenters. The van der Waals surface area contributed by atoms with Crippen molar-refractivity contribution in [1.29, 1.82) is 0 Å². The third-order valence-corrected chi connectivity index (χ3v) is 5.46. The number of ether oxygens (including phenoxy) is 1. The Bertz CT molecular complexity index is 1520. The lowest BCUT2D eigenvalue weighted by Gasteiger charge is -2.11. The number of hydrogen-bond acceptors (Lipinski definition) is 6. The Kier molecular flexibility index (Phi) is 8.79. The van der Waals surface area contributed by atoms with E-state index < -0.39 is 23.7 Å². The van der Waals surface area contributed by atoms with Gasteiger partial charge in [0.2, 0.25) is 0 Å². The summed E-state index contributed by atoms with van der Waals surface area (Å²) in [7, 11) is 0. The number of halogens is 1. The molecule has 4 aromatic carbocycles. The zero-order valence-electron chi connectivity index (χ0n) is 20.3. The van der Waals surface area contributed by atoms with Gasteiger partial charge in [0.25, 0.3) is 5.91 Å². The molecule has 0 spiro atoms. The van der Waals surface area contributed by atoms with E-state index in [1.807, 2.05) is 0 Å². The van der Waals surface area contributed by atoms with Crippen LogP contribution in [0.2, 0.25) is 5.02 Å². The number of esters is 1. The van der Waals surface area contributed by atoms with Crippen molar-refractivity contribution in [1.82, 2.24) is 5.43 Å². The van der Waals surface area contributed by atoms with Crippen LogP contribution in [0.15, 0.2) is 108 Å². The normalized spacial score (nSPS) is 10.5. The standard InChI is InChI=1S/C29H21ClN4O5/c30-21-12-14-22(15-13-21)32-26(35)24-8-4-5-9-25(24)33-27(36)28(37)34-31-18-19-10-16-23(17-11-19)39-29(38)20-6-2-1-3-7-20/h1-18H,(H,32,35)(H,33,36)(H,34,37). The third-order valence-electron chi connectivity index (χ3n) is 5.21. The maximum absolute atomic E-state index is 12.7. The Balaban J connectivity index is 1.30. The highest BCUT2D eigenvalue weighted by atomic mass is 35.5. The van der Waals surface area contributed by atoms with E-state index in [1.165, 1.54) is 18.3 Å². The Hall–Kier alpha value is -5.28. The number of anilines is 2. The fraction of sp³-hybridized carbons (Fsp3) is 0. The topological polar surface area (TPSA) is 126 Å². The summed E-state index contributed by atoms with van der Waals surface area (Å²) >= 11 is 5.87. The van der Waals surface area contributed by atoms with Gasteiger partial charge >= 0.3 is 17.8 Å². The second kappa shape index (κ2) is 12.8. The maximum Gasteiger partial charge on any atom is 0.343 e. The molecule has 0 saturated heterocycles. The van der Waals surface area contributed by atoms with Crippen LogP contribution in [-0.2, 0) is 9.59 Å². The van der Waals surface area contributed by atoms with Crippen LogP contribution in [0.25, 0.3) is 0 Å². The van der Waals surface area contributed by atoms with Gasteiger partial charge in [0, 0.05) is 10.7 Å². The van der Waals surface area contributed by atoms with Crippen LogP contribution >= 0.6 is 11.6 Å². The number of nitrogens with zero attached hydrogens (tertiary/aromatic N) is 1. The van der Waals surface area contributed by atoms with E-state index in [-0.39, 0.29) is 11.3 Å². The number of nitrogens with one attached hydrogen (secondary N) is 3. The van der Waals surface area contributed by atoms with Crippen molar-refractivity contribution in [2.75, 3.05) is 10.6 Å². The van der Waals surface area contributed by atoms with Gasteiger partial charge in [-0.05, 0) is 78.4 Å². The molecule has 0 heterocycles. The van der Waals surface area contributed by atoms with Gasteiger partial charge in [0.05, 0.1) is 23.0 Å². The molecule has 0 fully saturated rings. The van der Waals surface area contributed by atoms with Crippen LogP contribution in [0.4, 0.5) is 11.4 Å². The van der Waals surface area contributed by atoms with Crippen molar-refractivity contribution >= 4 is 52.9 Å². The van der Waals surface area contributed by atoms with Gasteiger partial charge in [-0.25, -0.2) is 10.2 Å². The molecule has 194 valence electrons. The molecule has 3 N–H and O–H groups in total. The lowest BCUT2D eigenvalue weighted by atomic mass is 10.1. The first-order valence-electron chi connectivity index (χ1n) is 11.6. The van der Waals surface area contributed by atoms with Gasteiger partial charge < -0.3 is 15.4 Å². The molecule has 4 rings (SSSR count). The smallest absolute Gasteiger partial charge is 0.343 e. The average molecular weight is 541 g/mol. The average Bonchev–Trinajstić information content (AvgIpc) is 2.95. The van der Waals surface area contributed by atoms with Crippen molar-refractivity contribution in [3.63, 3.8) is 0 Å². The molecule has 0 atom stereocenters. The van der Waals surface area contributed by atoms with Crippen LogP contribution in [0.1, 0.15) is 26.3 Å². The van der Waals surface area contributed by atoms with Crippen molar-refractivity contribution < 1.29 is 23.9 Å². The van der Waals surface area contributed by atoms with E-state index in [4.69, 9.17) is 16.3 Å². The van der Waals surface area contributed by atoms with Gasteiger partial charge in [-0.15, -0.1) is 0 Å². The molecule has 4 aromatic rings. The predicted octanol–water partition coefficient (Wildman–Crippen LogP) is 4.90. The van der Waals surface area contributed by atoms with Crippen LogP contribution in [0.3, 0.4) is 0 Å². The minimum atomic E-state index is -1.03. The quantitative estimate of drug-likeness (QED) is 0.101. The van der Waals surface area contributed by atoms with Crippen LogP contribution in [0.5, 0.6) is 5.75 Å². The lowest BCUT2D eigenvalue weighted by molar-refractivity contribution is -0.136. The summed E-state index contributed by atoms with van der Waals surface area (Å²) < 4.78 is 5.31. The monoisotopic (exact) mass is 540 g/mol. The number of amides is 3. The molecular weight excluding hydrogens is 520 g/mol. The molecule has 0 aliphatic rings. The van der Waals surface area contributed by atoms with Crippen molar-refractivity contribution in [3.8, 4) is 5.75 Å². The Morgan fingerprint density at radius 2 is 1.38 bits per heavy atom. The molecule has 0 aromatic heterocycles. The number of carbonyl (C=O) groups excluding carboxylic acids is 4. The maximum atomic E-state index is 12.7. The number of rotatable bonds is 7. The molecule has 10 heteroatoms. The molecule has 0 aliphatic carbocycles. The first-order valence-corrected chi connectivity index (χ1v) is 11.9. The molecule has 39 heavy (non-hydrogen) atoms. The number of hydrogen-bond donors (Lipinski definition) is 3. The van der Waals surface area contributed by atoms with Gasteiger partial charge in [0.15, 0.2) is 0 Å². The van der Waals surface area contributed by atoms with Gasteiger partial charge in [-0.1, -0.05) is 41.9 Å². The van der Waals surface area contributed by atoms with Crippen molar-refractivity contribution in [3.05, 3.63) is 125 Å². The zero-order valence-corrected chi connectivity index (χ0v) is 21.0. The Morgan fingerprint density at radius 1 is 0.718 bits per heavy atom. The summed E-state index contributed by atoms with van der Waals surface area (Å²) in [6.45, 7) is 0. The van der Waals surface area contributed by atoms with Crippen LogP contribution in [-0.4, -0.2) is 29.9 Å². The van der Waals surface area contributed by atoms with E-state index in [0.717, 1.165) is 0 Å². The fourth-order valence-corrected chi connectivity index (χ4v) is 3.41. The predicted molar refractivity (Wildman–Crippen MR) is 148 cm³/mol. The molecule has 0 aliphatic heterocycles. The van der Waals surface area contributed by atoms with Gasteiger partial charge in [0.1, 0.15) is 5.75 Å². The number of hydrazone groups is 1. The fourth-order valence-electron chi connectivity index (χ4n) is 3.28. The van der Waals surface area contributed by atoms with E-state index in [0.29, 0.717) is 27.6 Å². The second-order valence-electron chi connectivity index (χ2n) is 7.98. The van der Waals surface area contributed by atoms with Crippen molar-refractivity contribution in [2.45, 2.75) is 0 Å². The molecule has 0 bridgehead atoms. The van der Waals surface area contributed by atoms with E-state index >= 15 is 0 Å². The number of para-hydroxylation sites is 1. The second-order valence-corrected chi connectivity index (χ2v) is 8.42. The molecule has 3 amide bonds. The third kappa shape index (κ3) is 7.61. The summed E-state index contributed by atoms with van der Waals surface area (Å²) in [5.41, 5.74) is 3.96. The molecule has 0 saturated carbocycles. The highest BCUT2D eigenvalue weighted by Gasteiger charge is 2.18. The minimum Gasteiger partial charge on any atom is -0.423 e. The summed E-state index contributed by atoms with van der Waals surface area (Å²) in [6, 6.07) is 27.8. The molecular formula is C29H21ClN4O5. The van der Waals surface area contributed by atoms with Crippen LogP contribution in [0, 0.1) is 0 Å². The Morgan fingerprint density at radius 3 is 2.10 bits per heavy atom. The summed E-state index contributed by atoms with van der Waals surface area (Å²) in [5.74, 6) is -2.68. The molecule has 9 nitrogen and oxygen atoms in total. The van der Waals surface area contributed by atoms with E-state index in [1.54, 1.807) is 91.0 Å². The summed E-state index contributed by atoms with van der Waals surface area (Å²) in [6.07, 6.45) is 1.32. The first-order chi connectivity index (χ1) is 18.9. The number of carbonyl (C=O) groups is 4. The zero-order chi connectivity index (χ0) is 27.6. The lowest BCUT2D eigenvalue weighted by Crippen LogP contribution is -2.33. The highest BCUT2D eigenvalue weighted by Crippen LogP contribution is 2.19. The van der Waals surface area contributed by atoms with Crippen molar-refractivity contribution in [2.24, 2.45) is 5.10 Å². The summed E-state index contributed by atoms with van der Waals surface area (Å²) in [4.78, 5) is 49.5. The first kappa shape index (κ1) is 26.8. The van der Waals surface area contributed by atoms with E-state index in [2.05, 4.69) is 21.2 Å². The van der Waals surface area contributed by atoms with Gasteiger partial charge in [-0.2, -0.15) is 5.10 Å². The van der Waals surface area contributed by atoms with Crippen LogP contribution < -0.4 is 20.8 Å². The summed E-state index contributed by atoms with van der Waals surface area (Å²) in [5, 5.41) is 9.42. The Labute approximate surface area is 228 Å². The van der Waals surface area contributed by atoms with E-state index in [9.17, 15) is 19.2 Å². The minimum absolute atomic E-state index is 0.147. The largest absolute Gasteiger partial charge is 0.423 e. The number of benzene rings is 4. The van der Waals surface area contributed by atoms with Gasteiger partial charge in [-0.3, -0.25) is 14.4 Å². The highest BCUT2D eigenvalue weighted by molar-refractivity contribution is 6.40. The SMILES string of the molecule is O=C(NN=Cc1ccc(OC(=O)c2ccccc2)cc1)C(=O)Nc1ccccc1C(=O)Nc1ccc(Cl)cc1.